The topological polar surface area (TPSA) is 37.3 Å². The number of ketones is 1. The van der Waals surface area contributed by atoms with Crippen molar-refractivity contribution < 1.29 is 14.3 Å². The molecule has 0 spiro atoms. The predicted octanol–water partition coefficient (Wildman–Crippen LogP) is 5.55. The Morgan fingerprint density at radius 1 is 1.14 bits per heavy atom. The Morgan fingerprint density at radius 3 is 2.72 bits per heavy atom. The first-order valence-electron chi connectivity index (χ1n) is 11.0. The molecule has 3 heteroatoms. The number of rotatable bonds is 3. The number of carbonyl (C=O) groups is 1. The summed E-state index contributed by atoms with van der Waals surface area (Å²) in [5, 5.41) is 10.6. The molecule has 3 unspecified atom stereocenters. The number of phenolic OH excluding ortho intramolecular Hbond substituents is 1. The van der Waals surface area contributed by atoms with E-state index < -0.39 is 11.6 Å². The van der Waals surface area contributed by atoms with Gasteiger partial charge in [0.25, 0.3) is 0 Å². The summed E-state index contributed by atoms with van der Waals surface area (Å²) in [7, 11) is 0. The Hall–Kier alpha value is -2.16. The number of phenols is 1. The van der Waals surface area contributed by atoms with Crippen LogP contribution in [-0.4, -0.2) is 17.1 Å². The summed E-state index contributed by atoms with van der Waals surface area (Å²) in [5.74, 6) is 1.20. The lowest BCUT2D eigenvalue weighted by molar-refractivity contribution is -0.132. The van der Waals surface area contributed by atoms with E-state index in [1.807, 2.05) is 31.2 Å². The molecule has 3 aliphatic rings. The Balaban J connectivity index is 1.43. The van der Waals surface area contributed by atoms with E-state index >= 15 is 0 Å². The lowest BCUT2D eigenvalue weighted by Gasteiger charge is -2.48. The Morgan fingerprint density at radius 2 is 1.93 bits per heavy atom. The molecule has 2 aromatic rings. The number of hydrogen-bond acceptors (Lipinski definition) is 2. The molecule has 152 valence electrons. The summed E-state index contributed by atoms with van der Waals surface area (Å²) in [5.41, 5.74) is 4.41. The second kappa shape index (κ2) is 6.97. The van der Waals surface area contributed by atoms with Gasteiger partial charge in [0.15, 0.2) is 12.0 Å². The van der Waals surface area contributed by atoms with Crippen molar-refractivity contribution in [3.8, 4) is 5.75 Å². The Labute approximate surface area is 172 Å². The standard InChI is InChI=1S/C26H29FO2/c1-26-12-11-19-20(22(26)15-23(27)25(26)29)10-9-17-14-24(28)18(13-21(17)19)8-7-16-5-3-2-4-6-16/h2-6,13-14,19-20,22-23,28H,7-12,15H2,1H3/t19?,20?,22?,23-,26+/m1/s1. The van der Waals surface area contributed by atoms with Crippen molar-refractivity contribution in [1.29, 1.82) is 0 Å². The van der Waals surface area contributed by atoms with Gasteiger partial charge in [0.1, 0.15) is 5.75 Å². The fraction of sp³-hybridized carbons (Fsp3) is 0.500. The van der Waals surface area contributed by atoms with Crippen molar-refractivity contribution >= 4 is 5.78 Å². The molecule has 0 amide bonds. The van der Waals surface area contributed by atoms with Gasteiger partial charge in [-0.2, -0.15) is 0 Å². The van der Waals surface area contributed by atoms with Gasteiger partial charge in [-0.05, 0) is 91.0 Å². The first-order chi connectivity index (χ1) is 14.0. The van der Waals surface area contributed by atoms with Crippen LogP contribution in [0.2, 0.25) is 0 Å². The number of aryl methyl sites for hydroxylation is 3. The Bertz CT molecular complexity index is 937. The van der Waals surface area contributed by atoms with Gasteiger partial charge in [-0.1, -0.05) is 43.3 Å². The molecule has 5 rings (SSSR count). The van der Waals surface area contributed by atoms with E-state index in [9.17, 15) is 14.3 Å². The number of fused-ring (bicyclic) bond motifs is 5. The lowest BCUT2D eigenvalue weighted by Crippen LogP contribution is -2.42. The minimum absolute atomic E-state index is 0.152. The van der Waals surface area contributed by atoms with Gasteiger partial charge in [0, 0.05) is 5.41 Å². The number of alkyl halides is 1. The molecular weight excluding hydrogens is 363 g/mol. The summed E-state index contributed by atoms with van der Waals surface area (Å²) in [6.07, 6.45) is 4.51. The summed E-state index contributed by atoms with van der Waals surface area (Å²) in [6.45, 7) is 2.01. The molecule has 0 aromatic heterocycles. The first-order valence-corrected chi connectivity index (χ1v) is 11.0. The summed E-state index contributed by atoms with van der Waals surface area (Å²) in [6, 6.07) is 14.6. The summed E-state index contributed by atoms with van der Waals surface area (Å²) >= 11 is 0. The third-order valence-corrected chi connectivity index (χ3v) is 8.15. The van der Waals surface area contributed by atoms with Crippen molar-refractivity contribution in [2.45, 2.75) is 64.0 Å². The zero-order chi connectivity index (χ0) is 20.2. The van der Waals surface area contributed by atoms with Gasteiger partial charge in [0.05, 0.1) is 0 Å². The zero-order valence-electron chi connectivity index (χ0n) is 17.0. The van der Waals surface area contributed by atoms with Crippen LogP contribution in [0.4, 0.5) is 4.39 Å². The normalized spacial score (nSPS) is 33.1. The molecule has 0 radical (unpaired) electrons. The quantitative estimate of drug-likeness (QED) is 0.743. The van der Waals surface area contributed by atoms with Crippen molar-refractivity contribution in [2.24, 2.45) is 17.3 Å². The fourth-order valence-electron chi connectivity index (χ4n) is 6.53. The van der Waals surface area contributed by atoms with Crippen LogP contribution in [0.15, 0.2) is 42.5 Å². The second-order valence-corrected chi connectivity index (χ2v) is 9.60. The number of aromatic hydroxyl groups is 1. The highest BCUT2D eigenvalue weighted by molar-refractivity contribution is 5.91. The van der Waals surface area contributed by atoms with E-state index in [0.717, 1.165) is 44.1 Å². The van der Waals surface area contributed by atoms with E-state index in [-0.39, 0.29) is 11.7 Å². The molecule has 2 nitrogen and oxygen atoms in total. The highest BCUT2D eigenvalue weighted by Crippen LogP contribution is 2.60. The minimum atomic E-state index is -1.27. The molecule has 3 aliphatic carbocycles. The molecule has 0 aliphatic heterocycles. The number of Topliss-reactive ketones (excluding diaryl/α,β-unsaturated/α-hetero) is 1. The van der Waals surface area contributed by atoms with Crippen LogP contribution in [-0.2, 0) is 24.1 Å². The molecule has 2 fully saturated rings. The van der Waals surface area contributed by atoms with Crippen molar-refractivity contribution in [2.75, 3.05) is 0 Å². The van der Waals surface area contributed by atoms with Crippen LogP contribution < -0.4 is 0 Å². The van der Waals surface area contributed by atoms with Crippen LogP contribution in [0, 0.1) is 17.3 Å². The monoisotopic (exact) mass is 392 g/mol. The average molecular weight is 393 g/mol. The fourth-order valence-corrected chi connectivity index (χ4v) is 6.53. The average Bonchev–Trinajstić information content (AvgIpc) is 2.96. The maximum atomic E-state index is 14.3. The molecule has 29 heavy (non-hydrogen) atoms. The van der Waals surface area contributed by atoms with Crippen LogP contribution in [0.1, 0.15) is 60.8 Å². The molecule has 1 N–H and O–H groups in total. The zero-order valence-corrected chi connectivity index (χ0v) is 17.0. The SMILES string of the molecule is C[C@]12CCC3c4cc(CCc5ccccc5)c(O)cc4CCC3C1C[C@@H](F)C2=O. The van der Waals surface area contributed by atoms with Crippen LogP contribution in [0.25, 0.3) is 0 Å². The van der Waals surface area contributed by atoms with E-state index in [1.165, 1.54) is 16.7 Å². The van der Waals surface area contributed by atoms with E-state index in [1.54, 1.807) is 0 Å². The molecule has 2 aromatic carbocycles. The van der Waals surface area contributed by atoms with Crippen molar-refractivity contribution in [1.82, 2.24) is 0 Å². The summed E-state index contributed by atoms with van der Waals surface area (Å²) in [4.78, 5) is 12.5. The van der Waals surface area contributed by atoms with Crippen LogP contribution in [0.5, 0.6) is 5.75 Å². The second-order valence-electron chi connectivity index (χ2n) is 9.60. The van der Waals surface area contributed by atoms with E-state index in [4.69, 9.17) is 0 Å². The molecule has 0 bridgehead atoms. The summed E-state index contributed by atoms with van der Waals surface area (Å²) < 4.78 is 14.3. The first kappa shape index (κ1) is 18.8. The van der Waals surface area contributed by atoms with Crippen LogP contribution >= 0.6 is 0 Å². The minimum Gasteiger partial charge on any atom is -0.508 e. The van der Waals surface area contributed by atoms with Gasteiger partial charge in [-0.25, -0.2) is 4.39 Å². The smallest absolute Gasteiger partial charge is 0.173 e. The number of hydrogen-bond donors (Lipinski definition) is 1. The maximum Gasteiger partial charge on any atom is 0.173 e. The van der Waals surface area contributed by atoms with Crippen LogP contribution in [0.3, 0.4) is 0 Å². The molecule has 5 atom stereocenters. The van der Waals surface area contributed by atoms with Crippen molar-refractivity contribution in [3.05, 3.63) is 64.7 Å². The number of carbonyl (C=O) groups excluding carboxylic acids is 1. The number of benzene rings is 2. The number of halogens is 1. The third kappa shape index (κ3) is 3.01. The predicted molar refractivity (Wildman–Crippen MR) is 112 cm³/mol. The van der Waals surface area contributed by atoms with E-state index in [0.29, 0.717) is 24.0 Å². The highest BCUT2D eigenvalue weighted by atomic mass is 19.1. The third-order valence-electron chi connectivity index (χ3n) is 8.15. The van der Waals surface area contributed by atoms with E-state index in [2.05, 4.69) is 18.2 Å². The van der Waals surface area contributed by atoms with Gasteiger partial charge in [-0.15, -0.1) is 0 Å². The van der Waals surface area contributed by atoms with Gasteiger partial charge >= 0.3 is 0 Å². The molecule has 2 saturated carbocycles. The van der Waals surface area contributed by atoms with Gasteiger partial charge in [0.2, 0.25) is 0 Å². The highest BCUT2D eigenvalue weighted by Gasteiger charge is 2.58. The molecular formula is C26H29FO2. The lowest BCUT2D eigenvalue weighted by atomic mass is 9.55. The van der Waals surface area contributed by atoms with Gasteiger partial charge in [-0.3, -0.25) is 4.79 Å². The largest absolute Gasteiger partial charge is 0.508 e. The van der Waals surface area contributed by atoms with Gasteiger partial charge < -0.3 is 5.11 Å². The van der Waals surface area contributed by atoms with Crippen molar-refractivity contribution in [3.63, 3.8) is 0 Å². The molecule has 0 heterocycles. The maximum absolute atomic E-state index is 14.3. The molecule has 0 saturated heterocycles. The Kier molecular flexibility index (Phi) is 4.53.